The van der Waals surface area contributed by atoms with Gasteiger partial charge in [0, 0.05) is 36.2 Å². The number of hydrogen-bond acceptors (Lipinski definition) is 5. The topological polar surface area (TPSA) is 72.2 Å². The van der Waals surface area contributed by atoms with Crippen molar-refractivity contribution in [2.75, 3.05) is 18.0 Å². The molecule has 7 heteroatoms. The van der Waals surface area contributed by atoms with E-state index >= 15 is 0 Å². The summed E-state index contributed by atoms with van der Waals surface area (Å²) in [6.45, 7) is 2.00. The predicted octanol–water partition coefficient (Wildman–Crippen LogP) is 1.20. The van der Waals surface area contributed by atoms with Crippen molar-refractivity contribution in [1.29, 1.82) is 0 Å². The van der Waals surface area contributed by atoms with Crippen LogP contribution in [0.25, 0.3) is 22.3 Å². The van der Waals surface area contributed by atoms with Crippen molar-refractivity contribution < 1.29 is 17.3 Å². The Kier molecular flexibility index (Phi) is 5.32. The molecule has 0 radical (unpaired) electrons. The molecular weight excluding hydrogens is 352 g/mol. The molecule has 0 unspecified atom stereocenters. The Labute approximate surface area is 157 Å². The van der Waals surface area contributed by atoms with Crippen molar-refractivity contribution in [2.24, 2.45) is 0 Å². The highest BCUT2D eigenvalue weighted by Crippen LogP contribution is 2.29. The Morgan fingerprint density at radius 2 is 1.62 bits per heavy atom. The third-order valence-corrected chi connectivity index (χ3v) is 4.58. The number of hydrogen-bond donors (Lipinski definition) is 0. The summed E-state index contributed by atoms with van der Waals surface area (Å²) >= 11 is 0. The fourth-order valence-corrected chi connectivity index (χ4v) is 3.27. The van der Waals surface area contributed by atoms with Crippen molar-refractivity contribution in [3.63, 3.8) is 0 Å². The molecule has 0 atom stereocenters. The lowest BCUT2D eigenvalue weighted by Crippen LogP contribution is -3.00. The predicted molar refractivity (Wildman–Crippen MR) is 97.7 cm³/mol. The highest BCUT2D eigenvalue weighted by Gasteiger charge is 2.17. The van der Waals surface area contributed by atoms with E-state index in [0.29, 0.717) is 5.82 Å². The average molecular weight is 370 g/mol. The first kappa shape index (κ1) is 18.1. The van der Waals surface area contributed by atoms with Crippen LogP contribution in [-0.2, 0) is 0 Å². The Bertz CT molecular complexity index is 924. The molecule has 0 bridgehead atoms. The summed E-state index contributed by atoms with van der Waals surface area (Å²) < 4.78 is 0. The fraction of sp³-hybridized carbons (Fsp3) is 0.263. The van der Waals surface area contributed by atoms with E-state index in [4.69, 9.17) is 4.98 Å². The van der Waals surface area contributed by atoms with Crippen molar-refractivity contribution in [2.45, 2.75) is 19.3 Å². The van der Waals surface area contributed by atoms with E-state index in [-0.39, 0.29) is 18.1 Å². The van der Waals surface area contributed by atoms with Gasteiger partial charge in [-0.15, -0.1) is 0 Å². The quantitative estimate of drug-likeness (QED) is 0.512. The van der Waals surface area contributed by atoms with E-state index in [1.165, 1.54) is 31.4 Å². The molecule has 0 N–H and O–H groups in total. The Balaban J connectivity index is 0.00000196. The summed E-state index contributed by atoms with van der Waals surface area (Å²) in [5, 5.41) is 11.9. The van der Waals surface area contributed by atoms with Gasteiger partial charge >= 0.3 is 0 Å². The number of halogens is 1. The molecule has 3 aromatic rings. The molecule has 6 nitrogen and oxygen atoms in total. The second kappa shape index (κ2) is 7.66. The van der Waals surface area contributed by atoms with E-state index in [0.717, 1.165) is 35.4 Å². The molecule has 2 aromatic carbocycles. The van der Waals surface area contributed by atoms with Gasteiger partial charge in [0.05, 0.1) is 10.4 Å². The van der Waals surface area contributed by atoms with E-state index in [2.05, 4.69) is 16.0 Å². The molecule has 4 rings (SSSR count). The molecule has 1 fully saturated rings. The van der Waals surface area contributed by atoms with Crippen molar-refractivity contribution >= 4 is 22.4 Å². The first-order valence-electron chi connectivity index (χ1n) is 8.49. The van der Waals surface area contributed by atoms with Crippen LogP contribution in [0.1, 0.15) is 19.3 Å². The zero-order chi connectivity index (χ0) is 17.2. The largest absolute Gasteiger partial charge is 1.00 e. The molecular formula is C19H18ClN4O2-. The standard InChI is InChI=1S/C19H18N4O2.ClH/c24-23(25)15-10-8-14(9-11-15)18-20-17-7-3-2-6-16(17)19(21-18)22-12-4-1-5-13-22;/h2-3,6-11H,1,4-5,12-13H2;1H/p-1. The van der Waals surface area contributed by atoms with Crippen LogP contribution in [0.4, 0.5) is 11.5 Å². The lowest BCUT2D eigenvalue weighted by atomic mass is 10.1. The number of nitro benzene ring substituents is 1. The fourth-order valence-electron chi connectivity index (χ4n) is 3.27. The zero-order valence-corrected chi connectivity index (χ0v) is 14.9. The highest BCUT2D eigenvalue weighted by molar-refractivity contribution is 5.91. The van der Waals surface area contributed by atoms with E-state index < -0.39 is 4.92 Å². The van der Waals surface area contributed by atoms with Gasteiger partial charge in [0.1, 0.15) is 5.82 Å². The average Bonchev–Trinajstić information content (AvgIpc) is 2.68. The van der Waals surface area contributed by atoms with Crippen LogP contribution in [-0.4, -0.2) is 28.0 Å². The van der Waals surface area contributed by atoms with E-state index in [9.17, 15) is 10.1 Å². The van der Waals surface area contributed by atoms with Gasteiger partial charge in [-0.1, -0.05) is 12.1 Å². The van der Waals surface area contributed by atoms with Crippen molar-refractivity contribution in [3.8, 4) is 11.4 Å². The second-order valence-electron chi connectivity index (χ2n) is 6.24. The minimum Gasteiger partial charge on any atom is -1.00 e. The van der Waals surface area contributed by atoms with Crippen LogP contribution >= 0.6 is 0 Å². The number of nitrogens with zero attached hydrogens (tertiary/aromatic N) is 4. The van der Waals surface area contributed by atoms with Gasteiger partial charge in [-0.05, 0) is 43.5 Å². The third kappa shape index (κ3) is 3.46. The molecule has 0 aliphatic carbocycles. The molecule has 0 amide bonds. The number of rotatable bonds is 3. The summed E-state index contributed by atoms with van der Waals surface area (Å²) in [6.07, 6.45) is 3.60. The minimum absolute atomic E-state index is 0. The van der Waals surface area contributed by atoms with Gasteiger partial charge < -0.3 is 17.3 Å². The summed E-state index contributed by atoms with van der Waals surface area (Å²) in [6, 6.07) is 14.4. The van der Waals surface area contributed by atoms with Crippen molar-refractivity contribution in [1.82, 2.24) is 9.97 Å². The van der Waals surface area contributed by atoms with Crippen LogP contribution in [0.3, 0.4) is 0 Å². The molecule has 0 saturated carbocycles. The van der Waals surface area contributed by atoms with E-state index in [1.54, 1.807) is 12.1 Å². The normalized spacial score (nSPS) is 14.1. The summed E-state index contributed by atoms with van der Waals surface area (Å²) in [5.74, 6) is 1.56. The maximum Gasteiger partial charge on any atom is 0.269 e. The van der Waals surface area contributed by atoms with Gasteiger partial charge in [-0.3, -0.25) is 10.1 Å². The van der Waals surface area contributed by atoms with Gasteiger partial charge in [-0.2, -0.15) is 0 Å². The lowest BCUT2D eigenvalue weighted by molar-refractivity contribution is -0.384. The number of aromatic nitrogens is 2. The molecule has 1 saturated heterocycles. The van der Waals surface area contributed by atoms with Gasteiger partial charge in [0.15, 0.2) is 5.82 Å². The maximum atomic E-state index is 10.9. The summed E-state index contributed by atoms with van der Waals surface area (Å²) in [7, 11) is 0. The maximum absolute atomic E-state index is 10.9. The molecule has 134 valence electrons. The SMILES string of the molecule is O=[N+]([O-])c1ccc(-c2nc(N3CCCCC3)c3ccccc3n2)cc1.[Cl-]. The highest BCUT2D eigenvalue weighted by atomic mass is 35.5. The monoisotopic (exact) mass is 369 g/mol. The van der Waals surface area contributed by atoms with Gasteiger partial charge in [0.25, 0.3) is 5.69 Å². The number of anilines is 1. The first-order chi connectivity index (χ1) is 12.2. The number of fused-ring (bicyclic) bond motifs is 1. The van der Waals surface area contributed by atoms with E-state index in [1.807, 2.05) is 18.2 Å². The van der Waals surface area contributed by atoms with Crippen LogP contribution in [0, 0.1) is 10.1 Å². The lowest BCUT2D eigenvalue weighted by Gasteiger charge is -2.29. The molecule has 1 aromatic heterocycles. The van der Waals surface area contributed by atoms with Crippen LogP contribution in [0.2, 0.25) is 0 Å². The summed E-state index contributed by atoms with van der Waals surface area (Å²) in [4.78, 5) is 22.3. The van der Waals surface area contributed by atoms with Crippen LogP contribution < -0.4 is 17.3 Å². The number of piperidine rings is 1. The smallest absolute Gasteiger partial charge is 0.269 e. The second-order valence-corrected chi connectivity index (χ2v) is 6.24. The van der Waals surface area contributed by atoms with Crippen LogP contribution in [0.15, 0.2) is 48.5 Å². The Morgan fingerprint density at radius 3 is 2.31 bits per heavy atom. The number of para-hydroxylation sites is 1. The third-order valence-electron chi connectivity index (χ3n) is 4.58. The molecule has 0 spiro atoms. The number of benzene rings is 2. The minimum atomic E-state index is -0.399. The zero-order valence-electron chi connectivity index (χ0n) is 14.1. The van der Waals surface area contributed by atoms with Gasteiger partial charge in [0.2, 0.25) is 0 Å². The first-order valence-corrected chi connectivity index (χ1v) is 8.49. The number of non-ortho nitro benzene ring substituents is 1. The molecule has 2 heterocycles. The summed E-state index contributed by atoms with van der Waals surface area (Å²) in [5.41, 5.74) is 1.75. The van der Waals surface area contributed by atoms with Gasteiger partial charge in [-0.25, -0.2) is 9.97 Å². The molecule has 26 heavy (non-hydrogen) atoms. The molecule has 1 aliphatic heterocycles. The van der Waals surface area contributed by atoms with Crippen LogP contribution in [0.5, 0.6) is 0 Å². The number of nitro groups is 1. The Morgan fingerprint density at radius 1 is 0.923 bits per heavy atom. The van der Waals surface area contributed by atoms with Crippen molar-refractivity contribution in [3.05, 3.63) is 58.6 Å². The Hall–Kier alpha value is -2.73. The molecule has 1 aliphatic rings.